The van der Waals surface area contributed by atoms with E-state index in [0.717, 1.165) is 0 Å². The van der Waals surface area contributed by atoms with Crippen molar-refractivity contribution in [1.82, 2.24) is 0 Å². The van der Waals surface area contributed by atoms with Crippen LogP contribution < -0.4 is 9.47 Å². The molecule has 0 aliphatic rings. The van der Waals surface area contributed by atoms with Crippen LogP contribution in [0.15, 0.2) is 30.9 Å². The Morgan fingerprint density at radius 2 is 2.25 bits per heavy atom. The number of esters is 1. The fourth-order valence-corrected chi connectivity index (χ4v) is 1.15. The maximum absolute atomic E-state index is 10.8. The summed E-state index contributed by atoms with van der Waals surface area (Å²) in [5, 5.41) is 8.98. The molecule has 86 valence electrons. The van der Waals surface area contributed by atoms with Gasteiger partial charge in [-0.2, -0.15) is 0 Å². The average Bonchev–Trinajstić information content (AvgIpc) is 2.27. The fraction of sp³-hybridized carbons (Fsp3) is 0.250. The van der Waals surface area contributed by atoms with E-state index in [-0.39, 0.29) is 6.61 Å². The minimum atomic E-state index is -0.416. The fourth-order valence-electron chi connectivity index (χ4n) is 1.15. The molecule has 1 N–H and O–H groups in total. The summed E-state index contributed by atoms with van der Waals surface area (Å²) in [6.07, 6.45) is 1.59. The quantitative estimate of drug-likeness (QED) is 0.467. The summed E-state index contributed by atoms with van der Waals surface area (Å²) >= 11 is 0. The van der Waals surface area contributed by atoms with E-state index < -0.39 is 5.97 Å². The summed E-state index contributed by atoms with van der Waals surface area (Å²) in [6, 6.07) is 4.88. The molecule has 4 heteroatoms. The number of aliphatic hydroxyl groups is 1. The molecule has 0 aromatic heterocycles. The van der Waals surface area contributed by atoms with Crippen molar-refractivity contribution in [3.63, 3.8) is 0 Å². The molecule has 0 amide bonds. The zero-order chi connectivity index (χ0) is 12.0. The van der Waals surface area contributed by atoms with Gasteiger partial charge in [0.1, 0.15) is 6.61 Å². The Balaban J connectivity index is 2.95. The van der Waals surface area contributed by atoms with E-state index in [0.29, 0.717) is 23.7 Å². The van der Waals surface area contributed by atoms with Crippen LogP contribution in [-0.2, 0) is 11.4 Å². The average molecular weight is 222 g/mol. The number of hydrogen-bond acceptors (Lipinski definition) is 4. The molecule has 1 rings (SSSR count). The third-order valence-corrected chi connectivity index (χ3v) is 1.80. The van der Waals surface area contributed by atoms with Gasteiger partial charge in [-0.3, -0.25) is 4.79 Å². The van der Waals surface area contributed by atoms with Crippen molar-refractivity contribution in [1.29, 1.82) is 0 Å². The molecule has 0 saturated heterocycles. The number of carbonyl (C=O) groups excluding carboxylic acids is 1. The molecule has 0 unspecified atom stereocenters. The van der Waals surface area contributed by atoms with Crippen LogP contribution in [0.1, 0.15) is 12.5 Å². The lowest BCUT2D eigenvalue weighted by atomic mass is 10.2. The second-order valence-electron chi connectivity index (χ2n) is 3.13. The second-order valence-corrected chi connectivity index (χ2v) is 3.13. The Morgan fingerprint density at radius 3 is 2.81 bits per heavy atom. The summed E-state index contributed by atoms with van der Waals surface area (Å²) in [5.41, 5.74) is 0.690. The van der Waals surface area contributed by atoms with E-state index in [1.165, 1.54) is 6.92 Å². The van der Waals surface area contributed by atoms with Gasteiger partial charge in [0.05, 0.1) is 6.61 Å². The summed E-state index contributed by atoms with van der Waals surface area (Å²) in [4.78, 5) is 10.8. The standard InChI is InChI=1S/C12H14O4/c1-3-6-15-12-7-10(8-13)4-5-11(12)16-9(2)14/h3-5,7,13H,1,6,8H2,2H3. The number of hydrogen-bond donors (Lipinski definition) is 1. The second kappa shape index (κ2) is 5.92. The first-order chi connectivity index (χ1) is 7.67. The van der Waals surface area contributed by atoms with Gasteiger partial charge in [-0.15, -0.1) is 0 Å². The SMILES string of the molecule is C=CCOc1cc(CO)ccc1OC(C)=O. The van der Waals surface area contributed by atoms with Crippen molar-refractivity contribution in [3.05, 3.63) is 36.4 Å². The first-order valence-electron chi connectivity index (χ1n) is 4.83. The van der Waals surface area contributed by atoms with E-state index >= 15 is 0 Å². The van der Waals surface area contributed by atoms with E-state index in [2.05, 4.69) is 6.58 Å². The molecule has 4 nitrogen and oxygen atoms in total. The van der Waals surface area contributed by atoms with Crippen molar-refractivity contribution in [2.75, 3.05) is 6.61 Å². The first-order valence-corrected chi connectivity index (χ1v) is 4.83. The number of carbonyl (C=O) groups is 1. The molecule has 0 fully saturated rings. The van der Waals surface area contributed by atoms with Crippen LogP contribution in [0.5, 0.6) is 11.5 Å². The molecule has 1 aromatic carbocycles. The first kappa shape index (κ1) is 12.3. The summed E-state index contributed by atoms with van der Waals surface area (Å²) in [5.74, 6) is 0.341. The maximum atomic E-state index is 10.8. The lowest BCUT2D eigenvalue weighted by molar-refractivity contribution is -0.132. The Labute approximate surface area is 94.1 Å². The number of aliphatic hydroxyl groups excluding tert-OH is 1. The molecule has 0 aliphatic carbocycles. The predicted octanol–water partition coefficient (Wildman–Crippen LogP) is 1.67. The number of rotatable bonds is 5. The molecule has 0 heterocycles. The van der Waals surface area contributed by atoms with Crippen LogP contribution in [0.25, 0.3) is 0 Å². The van der Waals surface area contributed by atoms with Gasteiger partial charge in [0, 0.05) is 6.92 Å². The number of ether oxygens (including phenoxy) is 2. The van der Waals surface area contributed by atoms with Crippen LogP contribution in [0.2, 0.25) is 0 Å². The molecule has 1 aromatic rings. The predicted molar refractivity (Wildman–Crippen MR) is 59.4 cm³/mol. The monoisotopic (exact) mass is 222 g/mol. The topological polar surface area (TPSA) is 55.8 Å². The molecule has 0 bridgehead atoms. The van der Waals surface area contributed by atoms with E-state index in [4.69, 9.17) is 14.6 Å². The van der Waals surface area contributed by atoms with Gasteiger partial charge in [-0.25, -0.2) is 0 Å². The minimum absolute atomic E-state index is 0.0925. The summed E-state index contributed by atoms with van der Waals surface area (Å²) in [6.45, 7) is 5.06. The smallest absolute Gasteiger partial charge is 0.308 e. The van der Waals surface area contributed by atoms with Crippen molar-refractivity contribution >= 4 is 5.97 Å². The van der Waals surface area contributed by atoms with Gasteiger partial charge < -0.3 is 14.6 Å². The van der Waals surface area contributed by atoms with E-state index in [1.807, 2.05) is 0 Å². The van der Waals surface area contributed by atoms with Crippen LogP contribution in [-0.4, -0.2) is 17.7 Å². The molecule has 0 atom stereocenters. The Hall–Kier alpha value is -1.81. The van der Waals surface area contributed by atoms with Crippen molar-refractivity contribution in [2.45, 2.75) is 13.5 Å². The van der Waals surface area contributed by atoms with E-state index in [1.54, 1.807) is 24.3 Å². The van der Waals surface area contributed by atoms with Crippen molar-refractivity contribution < 1.29 is 19.4 Å². The Bertz CT molecular complexity index is 385. The molecule has 16 heavy (non-hydrogen) atoms. The highest BCUT2D eigenvalue weighted by molar-refractivity contribution is 5.70. The van der Waals surface area contributed by atoms with Crippen LogP contribution in [0.4, 0.5) is 0 Å². The van der Waals surface area contributed by atoms with Gasteiger partial charge in [0.25, 0.3) is 0 Å². The largest absolute Gasteiger partial charge is 0.486 e. The molecular formula is C12H14O4. The van der Waals surface area contributed by atoms with Crippen LogP contribution in [0, 0.1) is 0 Å². The van der Waals surface area contributed by atoms with Gasteiger partial charge in [-0.05, 0) is 17.7 Å². The Kier molecular flexibility index (Phi) is 4.54. The zero-order valence-electron chi connectivity index (χ0n) is 9.10. The molecular weight excluding hydrogens is 208 g/mol. The minimum Gasteiger partial charge on any atom is -0.486 e. The molecule has 0 radical (unpaired) electrons. The normalized spacial score (nSPS) is 9.62. The zero-order valence-corrected chi connectivity index (χ0v) is 9.10. The van der Waals surface area contributed by atoms with Gasteiger partial charge in [-0.1, -0.05) is 18.7 Å². The molecule has 0 aliphatic heterocycles. The third kappa shape index (κ3) is 3.40. The van der Waals surface area contributed by atoms with Crippen molar-refractivity contribution in [2.24, 2.45) is 0 Å². The Morgan fingerprint density at radius 1 is 1.50 bits per heavy atom. The lowest BCUT2D eigenvalue weighted by Crippen LogP contribution is -2.04. The molecule has 0 spiro atoms. The van der Waals surface area contributed by atoms with Gasteiger partial charge >= 0.3 is 5.97 Å². The highest BCUT2D eigenvalue weighted by Crippen LogP contribution is 2.28. The summed E-state index contributed by atoms with van der Waals surface area (Å²) < 4.78 is 10.3. The van der Waals surface area contributed by atoms with Crippen LogP contribution in [0.3, 0.4) is 0 Å². The van der Waals surface area contributed by atoms with Crippen molar-refractivity contribution in [3.8, 4) is 11.5 Å². The van der Waals surface area contributed by atoms with Gasteiger partial charge in [0.15, 0.2) is 11.5 Å². The third-order valence-electron chi connectivity index (χ3n) is 1.80. The van der Waals surface area contributed by atoms with Gasteiger partial charge in [0.2, 0.25) is 0 Å². The van der Waals surface area contributed by atoms with E-state index in [9.17, 15) is 4.79 Å². The lowest BCUT2D eigenvalue weighted by Gasteiger charge is -2.10. The van der Waals surface area contributed by atoms with Crippen LogP contribution >= 0.6 is 0 Å². The maximum Gasteiger partial charge on any atom is 0.308 e. The number of benzene rings is 1. The highest BCUT2D eigenvalue weighted by Gasteiger charge is 2.08. The highest BCUT2D eigenvalue weighted by atomic mass is 16.6. The summed E-state index contributed by atoms with van der Waals surface area (Å²) in [7, 11) is 0. The molecule has 0 saturated carbocycles.